The van der Waals surface area contributed by atoms with E-state index in [-0.39, 0.29) is 12.6 Å². The molecule has 25 heavy (non-hydrogen) atoms. The molecule has 0 spiro atoms. The van der Waals surface area contributed by atoms with Gasteiger partial charge in [-0.3, -0.25) is 4.90 Å². The van der Waals surface area contributed by atoms with Gasteiger partial charge in [0.25, 0.3) is 0 Å². The summed E-state index contributed by atoms with van der Waals surface area (Å²) in [6.45, 7) is 3.92. The summed E-state index contributed by atoms with van der Waals surface area (Å²) in [5.41, 5.74) is 2.46. The highest BCUT2D eigenvalue weighted by molar-refractivity contribution is 5.18. The van der Waals surface area contributed by atoms with Gasteiger partial charge in [0.05, 0.1) is 7.11 Å². The number of piperidine rings is 1. The standard InChI is InChI=1S/C20H27N3O2/c1-25-20-8-7-17(12-22-20)11-21-19-14-23(10-9-18(19)15-24)13-16-5-3-2-4-6-16/h2-8,12,18-19,21,24H,9-11,13-15H2,1H3/t18-,19+/m0/s1. The SMILES string of the molecule is COc1ccc(CN[C@@H]2CN(Cc3ccccc3)CC[C@H]2CO)cn1. The zero-order valence-corrected chi connectivity index (χ0v) is 14.8. The van der Waals surface area contributed by atoms with Crippen molar-refractivity contribution in [3.05, 3.63) is 59.8 Å². The van der Waals surface area contributed by atoms with Crippen molar-refractivity contribution in [1.82, 2.24) is 15.2 Å². The van der Waals surface area contributed by atoms with Gasteiger partial charge in [0.1, 0.15) is 0 Å². The van der Waals surface area contributed by atoms with Gasteiger partial charge in [0.2, 0.25) is 5.88 Å². The molecule has 134 valence electrons. The molecule has 3 rings (SSSR count). The molecule has 0 amide bonds. The monoisotopic (exact) mass is 341 g/mol. The minimum absolute atomic E-state index is 0.234. The third-order valence-corrected chi connectivity index (χ3v) is 4.90. The second-order valence-electron chi connectivity index (χ2n) is 6.65. The number of aliphatic hydroxyl groups excluding tert-OH is 1. The van der Waals surface area contributed by atoms with Crippen LogP contribution in [-0.4, -0.2) is 47.8 Å². The number of nitrogens with zero attached hydrogens (tertiary/aromatic N) is 2. The summed E-state index contributed by atoms with van der Waals surface area (Å²) in [5, 5.41) is 13.3. The van der Waals surface area contributed by atoms with Gasteiger partial charge < -0.3 is 15.2 Å². The minimum Gasteiger partial charge on any atom is -0.481 e. The smallest absolute Gasteiger partial charge is 0.212 e. The van der Waals surface area contributed by atoms with Crippen molar-refractivity contribution in [3.63, 3.8) is 0 Å². The average molecular weight is 341 g/mol. The highest BCUT2D eigenvalue weighted by Crippen LogP contribution is 2.20. The molecule has 0 radical (unpaired) electrons. The first-order valence-corrected chi connectivity index (χ1v) is 8.88. The van der Waals surface area contributed by atoms with Gasteiger partial charge in [0.15, 0.2) is 0 Å². The van der Waals surface area contributed by atoms with Crippen molar-refractivity contribution < 1.29 is 9.84 Å². The van der Waals surface area contributed by atoms with Crippen LogP contribution in [-0.2, 0) is 13.1 Å². The molecule has 1 fully saturated rings. The van der Waals surface area contributed by atoms with Crippen LogP contribution in [0.4, 0.5) is 0 Å². The molecular formula is C20H27N3O2. The third-order valence-electron chi connectivity index (χ3n) is 4.90. The number of hydrogen-bond donors (Lipinski definition) is 2. The van der Waals surface area contributed by atoms with Crippen LogP contribution in [0.5, 0.6) is 5.88 Å². The van der Waals surface area contributed by atoms with Crippen LogP contribution >= 0.6 is 0 Å². The molecule has 5 heteroatoms. The van der Waals surface area contributed by atoms with Gasteiger partial charge in [-0.05, 0) is 30.0 Å². The summed E-state index contributed by atoms with van der Waals surface area (Å²) in [4.78, 5) is 6.71. The van der Waals surface area contributed by atoms with E-state index in [1.165, 1.54) is 5.56 Å². The van der Waals surface area contributed by atoms with E-state index in [1.807, 2.05) is 18.3 Å². The predicted molar refractivity (Wildman–Crippen MR) is 98.3 cm³/mol. The molecule has 1 aliphatic heterocycles. The largest absolute Gasteiger partial charge is 0.481 e. The molecule has 0 bridgehead atoms. The normalized spacial score (nSPS) is 21.2. The Balaban J connectivity index is 1.56. The zero-order valence-electron chi connectivity index (χ0n) is 14.8. The Morgan fingerprint density at radius 3 is 2.72 bits per heavy atom. The van der Waals surface area contributed by atoms with Gasteiger partial charge in [-0.1, -0.05) is 36.4 Å². The maximum atomic E-state index is 9.72. The Morgan fingerprint density at radius 2 is 2.04 bits per heavy atom. The molecule has 0 saturated carbocycles. The van der Waals surface area contributed by atoms with Crippen LogP contribution in [0.3, 0.4) is 0 Å². The van der Waals surface area contributed by atoms with E-state index in [9.17, 15) is 5.11 Å². The van der Waals surface area contributed by atoms with E-state index in [2.05, 4.69) is 45.5 Å². The van der Waals surface area contributed by atoms with E-state index < -0.39 is 0 Å². The second-order valence-corrected chi connectivity index (χ2v) is 6.65. The van der Waals surface area contributed by atoms with E-state index in [1.54, 1.807) is 7.11 Å². The van der Waals surface area contributed by atoms with Crippen molar-refractivity contribution in [1.29, 1.82) is 0 Å². The van der Waals surface area contributed by atoms with E-state index in [0.717, 1.165) is 38.2 Å². The number of nitrogens with one attached hydrogen (secondary N) is 1. The second kappa shape index (κ2) is 8.94. The summed E-state index contributed by atoms with van der Waals surface area (Å²) in [6.07, 6.45) is 2.85. The van der Waals surface area contributed by atoms with Crippen LogP contribution in [0.1, 0.15) is 17.5 Å². The van der Waals surface area contributed by atoms with E-state index in [0.29, 0.717) is 11.8 Å². The molecule has 1 aromatic heterocycles. The van der Waals surface area contributed by atoms with Crippen LogP contribution in [0.2, 0.25) is 0 Å². The molecule has 1 aromatic carbocycles. The number of methoxy groups -OCH3 is 1. The number of pyridine rings is 1. The maximum Gasteiger partial charge on any atom is 0.212 e. The first kappa shape index (κ1) is 17.9. The molecule has 5 nitrogen and oxygen atoms in total. The fraction of sp³-hybridized carbons (Fsp3) is 0.450. The Bertz CT molecular complexity index is 633. The van der Waals surface area contributed by atoms with Crippen molar-refractivity contribution in [2.24, 2.45) is 5.92 Å². The van der Waals surface area contributed by atoms with E-state index >= 15 is 0 Å². The minimum atomic E-state index is 0.234. The quantitative estimate of drug-likeness (QED) is 0.807. The number of aromatic nitrogens is 1. The number of benzene rings is 1. The molecule has 2 heterocycles. The Kier molecular flexibility index (Phi) is 6.39. The zero-order chi connectivity index (χ0) is 17.5. The fourth-order valence-electron chi connectivity index (χ4n) is 3.39. The first-order valence-electron chi connectivity index (χ1n) is 8.88. The van der Waals surface area contributed by atoms with Crippen molar-refractivity contribution >= 4 is 0 Å². The fourth-order valence-corrected chi connectivity index (χ4v) is 3.39. The molecule has 0 unspecified atom stereocenters. The number of hydrogen-bond acceptors (Lipinski definition) is 5. The van der Waals surface area contributed by atoms with Gasteiger partial charge in [-0.2, -0.15) is 0 Å². The van der Waals surface area contributed by atoms with Crippen LogP contribution in [0.15, 0.2) is 48.7 Å². The highest BCUT2D eigenvalue weighted by Gasteiger charge is 2.28. The lowest BCUT2D eigenvalue weighted by atomic mass is 9.91. The van der Waals surface area contributed by atoms with Crippen LogP contribution in [0, 0.1) is 5.92 Å². The topological polar surface area (TPSA) is 57.6 Å². The third kappa shape index (κ3) is 5.01. The molecule has 2 N–H and O–H groups in total. The van der Waals surface area contributed by atoms with Gasteiger partial charge in [0, 0.05) is 44.5 Å². The maximum absolute atomic E-state index is 9.72. The Labute approximate surface area is 149 Å². The number of aliphatic hydroxyl groups is 1. The number of rotatable bonds is 7. The predicted octanol–water partition coefficient (Wildman–Crippen LogP) is 2.06. The van der Waals surface area contributed by atoms with E-state index in [4.69, 9.17) is 4.74 Å². The summed E-state index contributed by atoms with van der Waals surface area (Å²) in [6, 6.07) is 14.7. The lowest BCUT2D eigenvalue weighted by Crippen LogP contribution is -2.51. The first-order chi connectivity index (χ1) is 12.3. The van der Waals surface area contributed by atoms with Gasteiger partial charge in [-0.15, -0.1) is 0 Å². The lowest BCUT2D eigenvalue weighted by Gasteiger charge is -2.38. The molecule has 2 atom stereocenters. The lowest BCUT2D eigenvalue weighted by molar-refractivity contribution is 0.0906. The van der Waals surface area contributed by atoms with Crippen molar-refractivity contribution in [2.75, 3.05) is 26.8 Å². The summed E-state index contributed by atoms with van der Waals surface area (Å²) in [7, 11) is 1.62. The summed E-state index contributed by atoms with van der Waals surface area (Å²) < 4.78 is 5.10. The number of likely N-dealkylation sites (tertiary alicyclic amines) is 1. The van der Waals surface area contributed by atoms with Crippen molar-refractivity contribution in [2.45, 2.75) is 25.6 Å². The Hall–Kier alpha value is -1.95. The molecular weight excluding hydrogens is 314 g/mol. The molecule has 1 saturated heterocycles. The van der Waals surface area contributed by atoms with Gasteiger partial charge in [-0.25, -0.2) is 4.98 Å². The summed E-state index contributed by atoms with van der Waals surface area (Å²) in [5.74, 6) is 0.932. The average Bonchev–Trinajstić information content (AvgIpc) is 2.68. The molecule has 1 aliphatic rings. The highest BCUT2D eigenvalue weighted by atomic mass is 16.5. The molecule has 0 aliphatic carbocycles. The summed E-state index contributed by atoms with van der Waals surface area (Å²) >= 11 is 0. The van der Waals surface area contributed by atoms with Crippen molar-refractivity contribution in [3.8, 4) is 5.88 Å². The number of ether oxygens (including phenoxy) is 1. The van der Waals surface area contributed by atoms with Crippen LogP contribution in [0.25, 0.3) is 0 Å². The van der Waals surface area contributed by atoms with Gasteiger partial charge >= 0.3 is 0 Å². The molecule has 2 aromatic rings. The Morgan fingerprint density at radius 1 is 1.20 bits per heavy atom. The van der Waals surface area contributed by atoms with Crippen LogP contribution < -0.4 is 10.1 Å².